The van der Waals surface area contributed by atoms with Crippen LogP contribution < -0.4 is 20.5 Å². The summed E-state index contributed by atoms with van der Waals surface area (Å²) in [7, 11) is 0. The predicted octanol–water partition coefficient (Wildman–Crippen LogP) is 4.04. The third-order valence-corrected chi connectivity index (χ3v) is 4.63. The van der Waals surface area contributed by atoms with Gasteiger partial charge in [0.1, 0.15) is 18.2 Å². The highest BCUT2D eigenvalue weighted by molar-refractivity contribution is 5.75. The Labute approximate surface area is 193 Å². The van der Waals surface area contributed by atoms with E-state index >= 15 is 0 Å². The molecule has 0 saturated heterocycles. The lowest BCUT2D eigenvalue weighted by molar-refractivity contribution is -0.0528. The van der Waals surface area contributed by atoms with Gasteiger partial charge in [-0.1, -0.05) is 0 Å². The van der Waals surface area contributed by atoms with Crippen LogP contribution in [0.3, 0.4) is 0 Å². The first kappa shape index (κ1) is 22.7. The predicted molar refractivity (Wildman–Crippen MR) is 120 cm³/mol. The largest absolute Gasteiger partial charge is 0.490 e. The minimum atomic E-state index is -3.02. The number of pyridine rings is 2. The lowest BCUT2D eigenvalue weighted by Crippen LogP contribution is -2.19. The molecule has 3 N–H and O–H groups in total. The molecule has 0 atom stereocenters. The van der Waals surface area contributed by atoms with Crippen molar-refractivity contribution in [1.29, 1.82) is 5.26 Å². The van der Waals surface area contributed by atoms with Crippen LogP contribution in [0.25, 0.3) is 16.6 Å². The molecule has 174 valence electrons. The van der Waals surface area contributed by atoms with Crippen LogP contribution in [0.4, 0.5) is 26.2 Å². The molecular formula is C22H20F2N8O2. The highest BCUT2D eigenvalue weighted by Gasteiger charge is 2.20. The molecule has 0 aliphatic carbocycles. The van der Waals surface area contributed by atoms with Gasteiger partial charge in [0, 0.05) is 23.9 Å². The number of nitriles is 1. The Morgan fingerprint density at radius 2 is 2.03 bits per heavy atom. The Morgan fingerprint density at radius 3 is 2.76 bits per heavy atom. The van der Waals surface area contributed by atoms with E-state index in [1.165, 1.54) is 24.7 Å². The number of nitrogens with two attached hydrogens (primary N) is 1. The van der Waals surface area contributed by atoms with Crippen molar-refractivity contribution in [3.8, 4) is 28.8 Å². The maximum atomic E-state index is 12.8. The van der Waals surface area contributed by atoms with Gasteiger partial charge in [0.2, 0.25) is 5.88 Å². The SMILES string of the molecule is CC(C)(C#N)COc1cnc(OC(F)F)cc1-c1ccn2nc(Nc3cncc(N)n3)cc2c1. The second-order valence-corrected chi connectivity index (χ2v) is 7.95. The molecule has 12 heteroatoms. The molecule has 0 saturated carbocycles. The summed E-state index contributed by atoms with van der Waals surface area (Å²) in [4.78, 5) is 12.0. The fourth-order valence-electron chi connectivity index (χ4n) is 3.01. The molecule has 0 amide bonds. The fraction of sp³-hybridized carbons (Fsp3) is 0.227. The smallest absolute Gasteiger partial charge is 0.388 e. The molecular weight excluding hydrogens is 446 g/mol. The first-order valence-electron chi connectivity index (χ1n) is 10.1. The van der Waals surface area contributed by atoms with Gasteiger partial charge in [-0.3, -0.25) is 4.98 Å². The molecule has 4 aromatic rings. The van der Waals surface area contributed by atoms with Gasteiger partial charge in [0.05, 0.1) is 35.6 Å². The standard InChI is InChI=1S/C22H20F2N8O2/c1-22(2,11-25)12-33-16-8-28-20(34-21(23)24)7-15(16)13-3-4-32-14(5-13)6-18(31-32)30-19-10-27-9-17(26)29-19/h3-10,21H,12H2,1-2H3,(H3,26,29,30,31). The Kier molecular flexibility index (Phi) is 6.09. The van der Waals surface area contributed by atoms with Crippen LogP contribution >= 0.6 is 0 Å². The van der Waals surface area contributed by atoms with Crippen molar-refractivity contribution >= 4 is 23.0 Å². The molecule has 0 unspecified atom stereocenters. The number of fused-ring (bicyclic) bond motifs is 1. The van der Waals surface area contributed by atoms with E-state index in [1.807, 2.05) is 0 Å². The molecule has 4 heterocycles. The number of hydrogen-bond acceptors (Lipinski definition) is 9. The average Bonchev–Trinajstić information content (AvgIpc) is 3.19. The van der Waals surface area contributed by atoms with Crippen LogP contribution in [0, 0.1) is 16.7 Å². The van der Waals surface area contributed by atoms with Gasteiger partial charge in [-0.15, -0.1) is 0 Å². The van der Waals surface area contributed by atoms with Crippen molar-refractivity contribution in [1.82, 2.24) is 24.6 Å². The van der Waals surface area contributed by atoms with E-state index in [-0.39, 0.29) is 18.3 Å². The number of nitrogen functional groups attached to an aromatic ring is 1. The summed E-state index contributed by atoms with van der Waals surface area (Å²) >= 11 is 0. The minimum Gasteiger partial charge on any atom is -0.490 e. The van der Waals surface area contributed by atoms with Crippen LogP contribution in [0.1, 0.15) is 13.8 Å². The molecule has 0 aliphatic heterocycles. The number of aromatic nitrogens is 5. The second kappa shape index (κ2) is 9.14. The van der Waals surface area contributed by atoms with Crippen molar-refractivity contribution in [2.24, 2.45) is 5.41 Å². The van der Waals surface area contributed by atoms with Gasteiger partial charge in [-0.05, 0) is 31.5 Å². The van der Waals surface area contributed by atoms with Crippen molar-refractivity contribution < 1.29 is 18.3 Å². The molecule has 4 rings (SSSR count). The van der Waals surface area contributed by atoms with Crippen LogP contribution in [0.15, 0.2) is 49.1 Å². The Bertz CT molecular complexity index is 1370. The molecule has 0 radical (unpaired) electrons. The van der Waals surface area contributed by atoms with E-state index < -0.39 is 12.0 Å². The van der Waals surface area contributed by atoms with E-state index in [0.717, 1.165) is 0 Å². The zero-order chi connectivity index (χ0) is 24.3. The first-order chi connectivity index (χ1) is 16.2. The number of hydrogen-bond donors (Lipinski definition) is 2. The Balaban J connectivity index is 1.68. The van der Waals surface area contributed by atoms with E-state index in [2.05, 4.69) is 36.2 Å². The molecule has 10 nitrogen and oxygen atoms in total. The Morgan fingerprint density at radius 1 is 1.21 bits per heavy atom. The summed E-state index contributed by atoms with van der Waals surface area (Å²) in [5, 5.41) is 16.7. The highest BCUT2D eigenvalue weighted by Crippen LogP contribution is 2.34. The van der Waals surface area contributed by atoms with Crippen LogP contribution in [0.5, 0.6) is 11.6 Å². The van der Waals surface area contributed by atoms with Crippen molar-refractivity contribution in [2.75, 3.05) is 17.7 Å². The normalized spacial score (nSPS) is 11.4. The molecule has 0 aromatic carbocycles. The second-order valence-electron chi connectivity index (χ2n) is 7.95. The number of nitrogens with zero attached hydrogens (tertiary/aromatic N) is 6. The third kappa shape index (κ3) is 5.26. The van der Waals surface area contributed by atoms with E-state index in [4.69, 9.17) is 10.5 Å². The van der Waals surface area contributed by atoms with Crippen LogP contribution in [-0.2, 0) is 0 Å². The topological polar surface area (TPSA) is 136 Å². The average molecular weight is 466 g/mol. The van der Waals surface area contributed by atoms with Crippen LogP contribution in [0.2, 0.25) is 0 Å². The number of nitrogens with one attached hydrogen (secondary N) is 1. The molecule has 0 fully saturated rings. The maximum absolute atomic E-state index is 12.8. The number of anilines is 3. The minimum absolute atomic E-state index is 0.0808. The molecule has 0 spiro atoms. The summed E-state index contributed by atoms with van der Waals surface area (Å²) in [5.41, 5.74) is 6.72. The molecule has 34 heavy (non-hydrogen) atoms. The van der Waals surface area contributed by atoms with Gasteiger partial charge in [-0.2, -0.15) is 19.1 Å². The summed E-state index contributed by atoms with van der Waals surface area (Å²) in [6, 6.07) is 8.83. The number of halogens is 2. The van der Waals surface area contributed by atoms with Crippen molar-refractivity contribution in [2.45, 2.75) is 20.5 Å². The summed E-state index contributed by atoms with van der Waals surface area (Å²) < 4.78 is 37.4. The highest BCUT2D eigenvalue weighted by atomic mass is 19.3. The van der Waals surface area contributed by atoms with Gasteiger partial charge >= 0.3 is 6.61 Å². The zero-order valence-electron chi connectivity index (χ0n) is 18.2. The van der Waals surface area contributed by atoms with Crippen LogP contribution in [-0.4, -0.2) is 37.8 Å². The molecule has 0 aliphatic rings. The maximum Gasteiger partial charge on any atom is 0.388 e. The monoisotopic (exact) mass is 466 g/mol. The summed E-state index contributed by atoms with van der Waals surface area (Å²) in [6.07, 6.45) is 5.95. The van der Waals surface area contributed by atoms with Crippen molar-refractivity contribution in [3.05, 3.63) is 49.1 Å². The summed E-state index contributed by atoms with van der Waals surface area (Å²) in [5.74, 6) is 1.26. The zero-order valence-corrected chi connectivity index (χ0v) is 18.2. The van der Waals surface area contributed by atoms with E-state index in [0.29, 0.717) is 34.0 Å². The first-order valence-corrected chi connectivity index (χ1v) is 10.1. The number of rotatable bonds is 8. The Hall–Kier alpha value is -4.53. The molecule has 4 aromatic heterocycles. The lowest BCUT2D eigenvalue weighted by atomic mass is 9.97. The third-order valence-electron chi connectivity index (χ3n) is 4.63. The van der Waals surface area contributed by atoms with Gasteiger partial charge in [0.15, 0.2) is 11.6 Å². The molecule has 0 bridgehead atoms. The van der Waals surface area contributed by atoms with E-state index in [1.54, 1.807) is 42.8 Å². The van der Waals surface area contributed by atoms with Crippen molar-refractivity contribution in [3.63, 3.8) is 0 Å². The fourth-order valence-corrected chi connectivity index (χ4v) is 3.01. The lowest BCUT2D eigenvalue weighted by Gasteiger charge is -2.18. The number of ether oxygens (including phenoxy) is 2. The van der Waals surface area contributed by atoms with Gasteiger partial charge in [0.25, 0.3) is 0 Å². The van der Waals surface area contributed by atoms with E-state index in [9.17, 15) is 14.0 Å². The van der Waals surface area contributed by atoms with Gasteiger partial charge in [-0.25, -0.2) is 14.5 Å². The summed E-state index contributed by atoms with van der Waals surface area (Å²) in [6.45, 7) is 0.515. The van der Waals surface area contributed by atoms with Gasteiger partial charge < -0.3 is 20.5 Å². The quantitative estimate of drug-likeness (QED) is 0.394. The number of alkyl halides is 2.